The number of rotatable bonds is 3. The van der Waals surface area contributed by atoms with Gasteiger partial charge in [0.25, 0.3) is 0 Å². The molecule has 2 N–H and O–H groups in total. The van der Waals surface area contributed by atoms with Gasteiger partial charge in [-0.15, -0.1) is 8.78 Å². The number of urea groups is 1. The number of anilines is 1. The number of amides is 2. The SMILES string of the molecule is CC1(C)Cc2cc(NC(=O)N3CC(c4ccc5c(c4)OC(F)(F)O5)=C(c4ccc(F)cc4)N3)ccc2O1. The van der Waals surface area contributed by atoms with Crippen molar-refractivity contribution in [3.63, 3.8) is 0 Å². The Bertz CT molecular complexity index is 1450. The summed E-state index contributed by atoms with van der Waals surface area (Å²) in [5.74, 6) is 0.187. The highest BCUT2D eigenvalue weighted by Gasteiger charge is 2.43. The van der Waals surface area contributed by atoms with E-state index in [0.717, 1.165) is 17.7 Å². The van der Waals surface area contributed by atoms with E-state index in [9.17, 15) is 18.0 Å². The Morgan fingerprint density at radius 2 is 1.62 bits per heavy atom. The van der Waals surface area contributed by atoms with Gasteiger partial charge in [-0.05, 0) is 79.6 Å². The molecule has 3 aromatic rings. The molecule has 0 unspecified atom stereocenters. The average Bonchev–Trinajstić information content (AvgIpc) is 3.49. The first kappa shape index (κ1) is 23.1. The van der Waals surface area contributed by atoms with E-state index in [4.69, 9.17) is 4.74 Å². The highest BCUT2D eigenvalue weighted by molar-refractivity contribution is 5.98. The highest BCUT2D eigenvalue weighted by atomic mass is 19.3. The van der Waals surface area contributed by atoms with Crippen LogP contribution in [0.5, 0.6) is 17.2 Å². The van der Waals surface area contributed by atoms with Crippen LogP contribution < -0.4 is 25.0 Å². The van der Waals surface area contributed by atoms with Gasteiger partial charge in [-0.25, -0.2) is 14.2 Å². The van der Waals surface area contributed by atoms with Crippen LogP contribution in [0.3, 0.4) is 0 Å². The van der Waals surface area contributed by atoms with E-state index in [2.05, 4.69) is 20.2 Å². The quantitative estimate of drug-likeness (QED) is 0.468. The molecule has 3 aliphatic rings. The fourth-order valence-electron chi connectivity index (χ4n) is 4.71. The van der Waals surface area contributed by atoms with Crippen LogP contribution in [0.1, 0.15) is 30.5 Å². The Morgan fingerprint density at radius 1 is 0.919 bits per heavy atom. The Hall–Kier alpha value is -4.34. The van der Waals surface area contributed by atoms with Gasteiger partial charge in [-0.2, -0.15) is 0 Å². The second kappa shape index (κ2) is 8.09. The van der Waals surface area contributed by atoms with E-state index >= 15 is 0 Å². The van der Waals surface area contributed by atoms with Gasteiger partial charge in [0.1, 0.15) is 17.2 Å². The number of hydrogen-bond acceptors (Lipinski definition) is 5. The van der Waals surface area contributed by atoms with E-state index in [-0.39, 0.29) is 23.6 Å². The lowest BCUT2D eigenvalue weighted by Crippen LogP contribution is -2.40. The van der Waals surface area contributed by atoms with Crippen molar-refractivity contribution in [1.29, 1.82) is 0 Å². The van der Waals surface area contributed by atoms with E-state index in [1.165, 1.54) is 29.3 Å². The van der Waals surface area contributed by atoms with E-state index in [1.807, 2.05) is 26.0 Å². The van der Waals surface area contributed by atoms with Crippen LogP contribution in [-0.2, 0) is 6.42 Å². The summed E-state index contributed by atoms with van der Waals surface area (Å²) < 4.78 is 55.7. The molecule has 10 heteroatoms. The van der Waals surface area contributed by atoms with Crippen molar-refractivity contribution < 1.29 is 32.2 Å². The van der Waals surface area contributed by atoms with Gasteiger partial charge >= 0.3 is 12.3 Å². The van der Waals surface area contributed by atoms with Crippen molar-refractivity contribution in [3.05, 3.63) is 83.2 Å². The number of nitrogens with zero attached hydrogens (tertiary/aromatic N) is 1. The van der Waals surface area contributed by atoms with Crippen LogP contribution >= 0.6 is 0 Å². The molecule has 2 amide bonds. The first-order valence-electron chi connectivity index (χ1n) is 11.6. The molecule has 37 heavy (non-hydrogen) atoms. The monoisotopic (exact) mass is 509 g/mol. The molecule has 0 saturated heterocycles. The Labute approximate surface area is 210 Å². The van der Waals surface area contributed by atoms with Crippen molar-refractivity contribution in [2.24, 2.45) is 0 Å². The molecule has 6 rings (SSSR count). The third-order valence-corrected chi connectivity index (χ3v) is 6.31. The van der Waals surface area contributed by atoms with Crippen LogP contribution in [-0.4, -0.2) is 29.5 Å². The number of hydrazine groups is 1. The maximum Gasteiger partial charge on any atom is 0.586 e. The van der Waals surface area contributed by atoms with Gasteiger partial charge in [0.05, 0.1) is 12.2 Å². The molecule has 0 spiro atoms. The predicted molar refractivity (Wildman–Crippen MR) is 130 cm³/mol. The Morgan fingerprint density at radius 3 is 2.41 bits per heavy atom. The topological polar surface area (TPSA) is 72.1 Å². The summed E-state index contributed by atoms with van der Waals surface area (Å²) in [4.78, 5) is 13.2. The van der Waals surface area contributed by atoms with Crippen molar-refractivity contribution in [3.8, 4) is 17.2 Å². The molecule has 0 bridgehead atoms. The fourth-order valence-corrected chi connectivity index (χ4v) is 4.71. The van der Waals surface area contributed by atoms with E-state index in [0.29, 0.717) is 28.1 Å². The van der Waals surface area contributed by atoms with Crippen LogP contribution in [0.2, 0.25) is 0 Å². The van der Waals surface area contributed by atoms with Crippen molar-refractivity contribution in [1.82, 2.24) is 10.4 Å². The second-order valence-electron chi connectivity index (χ2n) is 9.68. The number of alkyl halides is 2. The smallest absolute Gasteiger partial charge is 0.487 e. The number of benzene rings is 3. The molecule has 0 aliphatic carbocycles. The molecule has 3 aromatic carbocycles. The number of carbonyl (C=O) groups excluding carboxylic acids is 1. The molecule has 0 aromatic heterocycles. The fraction of sp³-hybridized carbons (Fsp3) is 0.222. The molecule has 0 saturated carbocycles. The van der Waals surface area contributed by atoms with Crippen LogP contribution in [0.4, 0.5) is 23.7 Å². The Balaban J connectivity index is 1.27. The third kappa shape index (κ3) is 4.39. The van der Waals surface area contributed by atoms with Gasteiger partial charge in [0.15, 0.2) is 11.5 Å². The first-order valence-corrected chi connectivity index (χ1v) is 11.6. The number of ether oxygens (including phenoxy) is 3. The first-order chi connectivity index (χ1) is 17.6. The second-order valence-corrected chi connectivity index (χ2v) is 9.68. The van der Waals surface area contributed by atoms with Gasteiger partial charge in [-0.1, -0.05) is 6.07 Å². The van der Waals surface area contributed by atoms with Crippen molar-refractivity contribution >= 4 is 23.0 Å². The number of fused-ring (bicyclic) bond motifs is 2. The minimum absolute atomic E-state index is 0.0815. The van der Waals surface area contributed by atoms with Gasteiger partial charge in [0, 0.05) is 23.2 Å². The van der Waals surface area contributed by atoms with E-state index in [1.54, 1.807) is 24.3 Å². The average molecular weight is 509 g/mol. The summed E-state index contributed by atoms with van der Waals surface area (Å²) in [6.07, 6.45) is -3.03. The Kier molecular flexibility index (Phi) is 5.05. The van der Waals surface area contributed by atoms with Gasteiger partial charge in [0.2, 0.25) is 0 Å². The molecular formula is C27H22F3N3O4. The van der Waals surface area contributed by atoms with Gasteiger partial charge in [-0.3, -0.25) is 5.43 Å². The maximum atomic E-state index is 13.6. The third-order valence-electron chi connectivity index (χ3n) is 6.31. The molecule has 0 radical (unpaired) electrons. The van der Waals surface area contributed by atoms with Crippen molar-refractivity contribution in [2.45, 2.75) is 32.2 Å². The molecule has 3 heterocycles. The lowest BCUT2D eigenvalue weighted by molar-refractivity contribution is -0.286. The molecule has 0 atom stereocenters. The zero-order valence-corrected chi connectivity index (χ0v) is 19.9. The normalized spacial score (nSPS) is 18.4. The van der Waals surface area contributed by atoms with Crippen LogP contribution in [0, 0.1) is 5.82 Å². The lowest BCUT2D eigenvalue weighted by Gasteiger charge is -2.19. The van der Waals surface area contributed by atoms with Crippen LogP contribution in [0.15, 0.2) is 60.7 Å². The highest BCUT2D eigenvalue weighted by Crippen LogP contribution is 2.43. The summed E-state index contributed by atoms with van der Waals surface area (Å²) in [6.45, 7) is 4.11. The summed E-state index contributed by atoms with van der Waals surface area (Å²) in [7, 11) is 0. The summed E-state index contributed by atoms with van der Waals surface area (Å²) in [6, 6.07) is 15.2. The number of nitrogens with one attached hydrogen (secondary N) is 2. The summed E-state index contributed by atoms with van der Waals surface area (Å²) >= 11 is 0. The molecule has 190 valence electrons. The minimum atomic E-state index is -3.74. The number of halogens is 3. The number of hydrogen-bond donors (Lipinski definition) is 2. The van der Waals surface area contributed by atoms with Gasteiger partial charge < -0.3 is 19.5 Å². The summed E-state index contributed by atoms with van der Waals surface area (Å²) in [5.41, 5.74) is 6.70. The van der Waals surface area contributed by atoms with Crippen molar-refractivity contribution in [2.75, 3.05) is 11.9 Å². The summed E-state index contributed by atoms with van der Waals surface area (Å²) in [5, 5.41) is 4.25. The largest absolute Gasteiger partial charge is 0.586 e. The van der Waals surface area contributed by atoms with Crippen LogP contribution in [0.25, 0.3) is 11.3 Å². The lowest BCUT2D eigenvalue weighted by atomic mass is 10.00. The number of carbonyl (C=O) groups is 1. The molecule has 7 nitrogen and oxygen atoms in total. The standard InChI is InChI=1S/C27H22F3N3O4/c1-26(2)13-17-11-19(8-10-21(17)35-26)31-25(34)33-14-20(24(32-33)15-3-6-18(28)7-4-15)16-5-9-22-23(12-16)37-27(29,30)36-22/h3-12,32H,13-14H2,1-2H3,(H,31,34). The molecule has 0 fully saturated rings. The molecular weight excluding hydrogens is 487 g/mol. The minimum Gasteiger partial charge on any atom is -0.487 e. The molecule has 3 aliphatic heterocycles. The maximum absolute atomic E-state index is 13.6. The predicted octanol–water partition coefficient (Wildman–Crippen LogP) is 5.78. The zero-order valence-electron chi connectivity index (χ0n) is 19.9. The zero-order chi connectivity index (χ0) is 25.9. The van der Waals surface area contributed by atoms with E-state index < -0.39 is 18.1 Å².